The number of nitrogen functional groups attached to an aromatic ring is 1. The second kappa shape index (κ2) is 12.5. The van der Waals surface area contributed by atoms with Crippen LogP contribution in [0.4, 0.5) is 5.13 Å². The smallest absolute Gasteiger partial charge is 0.352 e. The van der Waals surface area contributed by atoms with E-state index in [0.29, 0.717) is 9.78 Å². The van der Waals surface area contributed by atoms with Crippen LogP contribution in [0.1, 0.15) is 5.69 Å². The quantitative estimate of drug-likeness (QED) is 0.0580. The second-order valence-electron chi connectivity index (χ2n) is 8.95. The fourth-order valence-corrected chi connectivity index (χ4v) is 8.76. The number of carboxylic acid groups (broad SMARTS) is 2. The average molecular weight is 700 g/mol. The highest BCUT2D eigenvalue weighted by molar-refractivity contribution is 8.02. The van der Waals surface area contributed by atoms with Crippen LogP contribution in [-0.4, -0.2) is 89.3 Å². The molecule has 2 aromatic heterocycles. The van der Waals surface area contributed by atoms with Crippen molar-refractivity contribution in [3.63, 3.8) is 0 Å². The van der Waals surface area contributed by atoms with Gasteiger partial charge in [0.2, 0.25) is 6.61 Å². The van der Waals surface area contributed by atoms with Gasteiger partial charge in [-0.05, 0) is 11.6 Å². The van der Waals surface area contributed by atoms with E-state index in [1.807, 2.05) is 0 Å². The zero-order chi connectivity index (χ0) is 31.9. The summed E-state index contributed by atoms with van der Waals surface area (Å²) < 4.78 is 0.703. The molecule has 230 valence electrons. The van der Waals surface area contributed by atoms with E-state index in [0.717, 1.165) is 45.4 Å². The fourth-order valence-electron chi connectivity index (χ4n) is 4.19. The molecule has 5 rings (SSSR count). The molecule has 0 unspecified atom stereocenters. The van der Waals surface area contributed by atoms with Gasteiger partial charge < -0.3 is 36.3 Å². The van der Waals surface area contributed by atoms with Gasteiger partial charge in [-0.15, -0.1) is 46.2 Å². The normalized spacial score (nSPS) is 18.2. The summed E-state index contributed by atoms with van der Waals surface area (Å²) in [6.07, 6.45) is 0. The molecule has 1 fully saturated rings. The highest BCUT2D eigenvalue weighted by Crippen LogP contribution is 2.44. The number of aromatic nitrogens is 1. The number of amides is 2. The summed E-state index contributed by atoms with van der Waals surface area (Å²) in [5, 5.41) is 45.2. The first-order chi connectivity index (χ1) is 20.9. The summed E-state index contributed by atoms with van der Waals surface area (Å²) in [6, 6.07) is 1.29. The molecule has 1 aromatic carbocycles. The van der Waals surface area contributed by atoms with Crippen molar-refractivity contribution in [2.45, 2.75) is 15.6 Å². The van der Waals surface area contributed by atoms with Crippen LogP contribution in [0.15, 0.2) is 42.9 Å². The van der Waals surface area contributed by atoms with Crippen molar-refractivity contribution in [1.82, 2.24) is 15.2 Å². The van der Waals surface area contributed by atoms with Crippen LogP contribution in [0.2, 0.25) is 5.02 Å². The zero-order valence-electron chi connectivity index (χ0n) is 21.7. The maximum atomic E-state index is 13.1. The van der Waals surface area contributed by atoms with Crippen LogP contribution in [-0.2, 0) is 24.0 Å². The Morgan fingerprint density at radius 1 is 1.25 bits per heavy atom. The Balaban J connectivity index is 1.34. The lowest BCUT2D eigenvalue weighted by Crippen LogP contribution is -2.71. The number of aliphatic carboxylic acids is 2. The Morgan fingerprint density at radius 2 is 2.00 bits per heavy atom. The highest BCUT2D eigenvalue weighted by Gasteiger charge is 2.54. The molecule has 0 saturated carbocycles. The molecule has 4 heterocycles. The number of oxime groups is 1. The first-order valence-electron chi connectivity index (χ1n) is 12.0. The Bertz CT molecular complexity index is 1860. The number of phenolic OH excluding ortho intramolecular Hbond substituents is 2. The molecule has 15 nitrogen and oxygen atoms in total. The molecule has 2 atom stereocenters. The minimum atomic E-state index is -1.36. The van der Waals surface area contributed by atoms with E-state index >= 15 is 0 Å². The van der Waals surface area contributed by atoms with Crippen molar-refractivity contribution in [3.05, 3.63) is 49.7 Å². The largest absolute Gasteiger partial charge is 0.504 e. The number of fused-ring (bicyclic) bond motifs is 2. The lowest BCUT2D eigenvalue weighted by molar-refractivity contribution is -0.150. The number of aromatic hydroxyl groups is 2. The van der Waals surface area contributed by atoms with E-state index < -0.39 is 64.4 Å². The van der Waals surface area contributed by atoms with Gasteiger partial charge in [0.15, 0.2) is 27.8 Å². The number of anilines is 1. The molecular formula is C24H18ClN5O10S4. The number of hydrogen-bond donors (Lipinski definition) is 6. The number of thioether (sulfide) groups is 2. The van der Waals surface area contributed by atoms with Crippen LogP contribution in [0.3, 0.4) is 0 Å². The first-order valence-corrected chi connectivity index (χ1v) is 16.1. The fraction of sp³-hybridized carbons (Fsp3) is 0.208. The number of rotatable bonds is 10. The molecule has 2 aliphatic heterocycles. The van der Waals surface area contributed by atoms with E-state index in [4.69, 9.17) is 27.3 Å². The van der Waals surface area contributed by atoms with E-state index in [2.05, 4.69) is 15.5 Å². The van der Waals surface area contributed by atoms with Crippen molar-refractivity contribution in [2.75, 3.05) is 23.8 Å². The predicted octanol–water partition coefficient (Wildman–Crippen LogP) is 1.70. The predicted molar refractivity (Wildman–Crippen MR) is 163 cm³/mol. The van der Waals surface area contributed by atoms with Gasteiger partial charge in [-0.3, -0.25) is 19.3 Å². The van der Waals surface area contributed by atoms with Gasteiger partial charge >= 0.3 is 11.9 Å². The summed E-state index contributed by atoms with van der Waals surface area (Å²) in [7, 11) is 0. The number of nitrogens with two attached hydrogens (primary N) is 1. The number of β-lactam (4-membered cyclic amide) rings is 1. The molecule has 44 heavy (non-hydrogen) atoms. The highest BCUT2D eigenvalue weighted by atomic mass is 35.5. The maximum Gasteiger partial charge on any atom is 0.352 e. The number of halogens is 1. The van der Waals surface area contributed by atoms with Gasteiger partial charge in [0.05, 0.1) is 8.91 Å². The monoisotopic (exact) mass is 699 g/mol. The summed E-state index contributed by atoms with van der Waals surface area (Å²) in [6.45, 7) is -0.840. The third-order valence-electron chi connectivity index (χ3n) is 6.14. The van der Waals surface area contributed by atoms with Crippen molar-refractivity contribution < 1.29 is 44.4 Å². The van der Waals surface area contributed by atoms with Crippen LogP contribution in [0, 0.1) is 0 Å². The lowest BCUT2D eigenvalue weighted by atomic mass is 10.0. The molecule has 20 heteroatoms. The Hall–Kier alpha value is -4.04. The van der Waals surface area contributed by atoms with Gasteiger partial charge in [0.25, 0.3) is 11.8 Å². The Kier molecular flexibility index (Phi) is 8.93. The van der Waals surface area contributed by atoms with Crippen molar-refractivity contribution >= 4 is 102 Å². The van der Waals surface area contributed by atoms with Crippen LogP contribution < -0.4 is 16.5 Å². The number of carbonyl (C=O) groups is 4. The van der Waals surface area contributed by atoms with Crippen molar-refractivity contribution in [3.8, 4) is 11.5 Å². The van der Waals surface area contributed by atoms with Crippen molar-refractivity contribution in [1.29, 1.82) is 0 Å². The SMILES string of the molecule is Nc1nc(/C(=N/OCC(=O)O)C(=O)N[C@@H]2C(=O)N3C(C(=O)O)=C(CSc4cc(=O)c5cc(O)c(O)c(Cl)c5s4)CS[C@@H]23)cs1. The Labute approximate surface area is 267 Å². The molecule has 0 radical (unpaired) electrons. The minimum absolute atomic E-state index is 0.00922. The molecule has 1 saturated heterocycles. The topological polar surface area (TPSA) is 242 Å². The van der Waals surface area contributed by atoms with Gasteiger partial charge in [-0.1, -0.05) is 16.8 Å². The van der Waals surface area contributed by atoms with Gasteiger partial charge in [-0.2, -0.15) is 0 Å². The van der Waals surface area contributed by atoms with Crippen molar-refractivity contribution in [2.24, 2.45) is 5.16 Å². The number of carbonyl (C=O) groups excluding carboxylic acids is 2. The second-order valence-corrected chi connectivity index (χ2v) is 13.7. The molecule has 0 aliphatic carbocycles. The molecule has 0 spiro atoms. The molecule has 0 bridgehead atoms. The number of carboxylic acids is 2. The standard InChI is InChI=1S/C24H18ClN5O10S4/c25-14-18(35)11(32)1-8-10(31)2-13(44-19(8)14)41-4-7-5-42-22-16(21(37)30(22)17(7)23(38)39)28-20(36)15(29-40-3-12(33)34)9-6-43-24(26)27-9/h1-2,6,16,22,32,35H,3-5H2,(H2,26,27)(H,28,36)(H,33,34)(H,38,39)/b29-15-/t16-,22+/m1/s1. The summed E-state index contributed by atoms with van der Waals surface area (Å²) in [4.78, 5) is 71.6. The number of thiazole rings is 1. The average Bonchev–Trinajstić information content (AvgIpc) is 3.41. The molecule has 2 amide bonds. The lowest BCUT2D eigenvalue weighted by Gasteiger charge is -2.49. The van der Waals surface area contributed by atoms with Crippen LogP contribution in [0.25, 0.3) is 10.1 Å². The summed E-state index contributed by atoms with van der Waals surface area (Å²) >= 11 is 10.5. The number of nitrogens with zero attached hydrogens (tertiary/aromatic N) is 3. The number of benzene rings is 1. The third-order valence-corrected chi connectivity index (χ3v) is 11.1. The maximum absolute atomic E-state index is 13.1. The molecule has 7 N–H and O–H groups in total. The van der Waals surface area contributed by atoms with Gasteiger partial charge in [0.1, 0.15) is 27.8 Å². The van der Waals surface area contributed by atoms with E-state index in [-0.39, 0.29) is 43.1 Å². The minimum Gasteiger partial charge on any atom is -0.504 e. The van der Waals surface area contributed by atoms with Crippen LogP contribution in [0.5, 0.6) is 11.5 Å². The third kappa shape index (κ3) is 6.00. The molecule has 3 aromatic rings. The van der Waals surface area contributed by atoms with E-state index in [9.17, 15) is 39.3 Å². The van der Waals surface area contributed by atoms with Gasteiger partial charge in [0, 0.05) is 28.3 Å². The van der Waals surface area contributed by atoms with E-state index in [1.54, 1.807) is 0 Å². The molecular weight excluding hydrogens is 682 g/mol. The number of hydrogen-bond acceptors (Lipinski definition) is 15. The zero-order valence-corrected chi connectivity index (χ0v) is 25.7. The summed E-state index contributed by atoms with van der Waals surface area (Å²) in [5.41, 5.74) is 4.88. The van der Waals surface area contributed by atoms with Gasteiger partial charge in [-0.25, -0.2) is 14.6 Å². The van der Waals surface area contributed by atoms with Crippen LogP contribution >= 0.6 is 57.8 Å². The van der Waals surface area contributed by atoms with E-state index in [1.165, 1.54) is 23.2 Å². The molecule has 2 aliphatic rings. The number of nitrogens with one attached hydrogen (secondary N) is 1. The first kappa shape index (κ1) is 31.4. The summed E-state index contributed by atoms with van der Waals surface area (Å²) in [5.74, 6) is -5.14. The Morgan fingerprint density at radius 3 is 2.66 bits per heavy atom. The number of phenols is 2.